The van der Waals surface area contributed by atoms with Crippen molar-refractivity contribution in [3.8, 4) is 0 Å². The Kier molecular flexibility index (Phi) is 4.30. The van der Waals surface area contributed by atoms with Crippen molar-refractivity contribution in [2.24, 2.45) is 5.92 Å². The minimum Gasteiger partial charge on any atom is -0.481 e. The molecule has 0 aromatic carbocycles. The summed E-state index contributed by atoms with van der Waals surface area (Å²) in [6, 6.07) is -1.22. The van der Waals surface area contributed by atoms with Crippen LogP contribution in [0.5, 0.6) is 0 Å². The van der Waals surface area contributed by atoms with Gasteiger partial charge in [0, 0.05) is 0 Å². The van der Waals surface area contributed by atoms with E-state index in [4.69, 9.17) is 5.11 Å². The lowest BCUT2D eigenvalue weighted by molar-refractivity contribution is -0.294. The van der Waals surface area contributed by atoms with Crippen LogP contribution in [0.4, 0.5) is 22.0 Å². The van der Waals surface area contributed by atoms with Crippen LogP contribution in [0.2, 0.25) is 0 Å². The number of nitrogens with zero attached hydrogens (tertiary/aromatic N) is 4. The van der Waals surface area contributed by atoms with E-state index >= 15 is 0 Å². The van der Waals surface area contributed by atoms with Gasteiger partial charge in [0.25, 0.3) is 0 Å². The summed E-state index contributed by atoms with van der Waals surface area (Å²) in [5.74, 6) is -8.90. The molecule has 0 fully saturated rings. The lowest BCUT2D eigenvalue weighted by atomic mass is 10.0. The number of aromatic nitrogens is 4. The Labute approximate surface area is 109 Å². The predicted molar refractivity (Wildman–Crippen MR) is 53.9 cm³/mol. The number of aliphatic carboxylic acids is 1. The maximum absolute atomic E-state index is 13.3. The van der Waals surface area contributed by atoms with Crippen molar-refractivity contribution in [2.45, 2.75) is 38.4 Å². The number of carbonyl (C=O) groups is 1. The van der Waals surface area contributed by atoms with Crippen LogP contribution in [0.15, 0.2) is 0 Å². The van der Waals surface area contributed by atoms with Crippen LogP contribution < -0.4 is 0 Å². The molecule has 1 N–H and O–H groups in total. The maximum atomic E-state index is 13.3. The molecule has 1 unspecified atom stereocenters. The average molecular weight is 302 g/mol. The van der Waals surface area contributed by atoms with E-state index < -0.39 is 42.3 Å². The SMILES string of the molecule is CC(C)C(CC(=O)O)n1nnnc1C(F)(F)C(F)(F)F. The number of rotatable bonds is 5. The lowest BCUT2D eigenvalue weighted by Gasteiger charge is -2.24. The minimum absolute atomic E-state index is 0.228. The quantitative estimate of drug-likeness (QED) is 0.841. The van der Waals surface area contributed by atoms with Crippen LogP contribution in [0.1, 0.15) is 32.1 Å². The molecule has 0 aliphatic carbocycles. The number of alkyl halides is 5. The molecule has 0 amide bonds. The van der Waals surface area contributed by atoms with E-state index in [0.717, 1.165) is 0 Å². The summed E-state index contributed by atoms with van der Waals surface area (Å²) in [5.41, 5.74) is 0. The standard InChI is InChI=1S/C9H11F5N4O2/c1-4(2)5(3-6(19)20)18-7(15-16-17-18)8(10,11)9(12,13)14/h4-5H,3H2,1-2H3,(H,19,20). The molecular formula is C9H11F5N4O2. The van der Waals surface area contributed by atoms with Gasteiger partial charge in [-0.3, -0.25) is 4.79 Å². The van der Waals surface area contributed by atoms with Gasteiger partial charge in [-0.15, -0.1) is 5.10 Å². The van der Waals surface area contributed by atoms with Crippen LogP contribution in [0.25, 0.3) is 0 Å². The van der Waals surface area contributed by atoms with Gasteiger partial charge in [-0.05, 0) is 16.3 Å². The van der Waals surface area contributed by atoms with Gasteiger partial charge in [0.05, 0.1) is 12.5 Å². The molecule has 20 heavy (non-hydrogen) atoms. The fourth-order valence-corrected chi connectivity index (χ4v) is 1.53. The summed E-state index contributed by atoms with van der Waals surface area (Å²) >= 11 is 0. The Balaban J connectivity index is 3.28. The first kappa shape index (κ1) is 16.2. The number of carboxylic acid groups (broad SMARTS) is 1. The number of carboxylic acids is 1. The fraction of sp³-hybridized carbons (Fsp3) is 0.778. The van der Waals surface area contributed by atoms with Gasteiger partial charge in [0.2, 0.25) is 5.82 Å². The van der Waals surface area contributed by atoms with Gasteiger partial charge in [0.1, 0.15) is 0 Å². The summed E-state index contributed by atoms with van der Waals surface area (Å²) in [6.45, 7) is 2.93. The third-order valence-electron chi connectivity index (χ3n) is 2.60. The molecule has 0 aliphatic rings. The van der Waals surface area contributed by atoms with Crippen molar-refractivity contribution in [3.05, 3.63) is 5.82 Å². The highest BCUT2D eigenvalue weighted by Crippen LogP contribution is 2.43. The molecule has 1 atom stereocenters. The van der Waals surface area contributed by atoms with E-state index in [1.54, 1.807) is 0 Å². The molecule has 6 nitrogen and oxygen atoms in total. The van der Waals surface area contributed by atoms with Crippen molar-refractivity contribution >= 4 is 5.97 Å². The van der Waals surface area contributed by atoms with E-state index in [1.165, 1.54) is 13.8 Å². The van der Waals surface area contributed by atoms with Gasteiger partial charge in [-0.2, -0.15) is 22.0 Å². The molecule has 1 aromatic rings. The van der Waals surface area contributed by atoms with Crippen LogP contribution in [0.3, 0.4) is 0 Å². The Hall–Kier alpha value is -1.81. The van der Waals surface area contributed by atoms with Crippen molar-refractivity contribution in [1.29, 1.82) is 0 Å². The fourth-order valence-electron chi connectivity index (χ4n) is 1.53. The van der Waals surface area contributed by atoms with Crippen LogP contribution in [-0.2, 0) is 10.7 Å². The number of hydrogen-bond acceptors (Lipinski definition) is 4. The first-order valence-corrected chi connectivity index (χ1v) is 5.43. The molecule has 1 heterocycles. The van der Waals surface area contributed by atoms with Gasteiger partial charge in [-0.25, -0.2) is 4.68 Å². The Bertz CT molecular complexity index is 485. The highest BCUT2D eigenvalue weighted by Gasteiger charge is 2.62. The zero-order valence-corrected chi connectivity index (χ0v) is 10.4. The second-order valence-electron chi connectivity index (χ2n) is 4.43. The third-order valence-corrected chi connectivity index (χ3v) is 2.60. The van der Waals surface area contributed by atoms with E-state index in [2.05, 4.69) is 15.5 Å². The zero-order chi connectivity index (χ0) is 15.7. The molecule has 1 aromatic heterocycles. The highest BCUT2D eigenvalue weighted by molar-refractivity contribution is 5.67. The van der Waals surface area contributed by atoms with Gasteiger partial charge in [0.15, 0.2) is 0 Å². The van der Waals surface area contributed by atoms with Crippen LogP contribution >= 0.6 is 0 Å². The normalized spacial score (nSPS) is 14.6. The number of tetrazole rings is 1. The number of hydrogen-bond donors (Lipinski definition) is 1. The topological polar surface area (TPSA) is 80.9 Å². The molecule has 0 radical (unpaired) electrons. The van der Waals surface area contributed by atoms with Gasteiger partial charge < -0.3 is 5.11 Å². The van der Waals surface area contributed by atoms with E-state index in [9.17, 15) is 26.7 Å². The molecule has 0 spiro atoms. The molecule has 0 aliphatic heterocycles. The molecule has 114 valence electrons. The Morgan fingerprint density at radius 2 is 1.85 bits per heavy atom. The molecular weight excluding hydrogens is 291 g/mol. The zero-order valence-electron chi connectivity index (χ0n) is 10.4. The average Bonchev–Trinajstić information content (AvgIpc) is 2.72. The maximum Gasteiger partial charge on any atom is 0.461 e. The van der Waals surface area contributed by atoms with E-state index in [1.807, 2.05) is 0 Å². The molecule has 1 rings (SSSR count). The molecule has 0 saturated carbocycles. The Morgan fingerprint density at radius 1 is 1.30 bits per heavy atom. The first-order chi connectivity index (χ1) is 8.98. The molecule has 0 bridgehead atoms. The van der Waals surface area contributed by atoms with Crippen molar-refractivity contribution in [2.75, 3.05) is 0 Å². The molecule has 0 saturated heterocycles. The summed E-state index contributed by atoms with van der Waals surface area (Å²) in [4.78, 5) is 10.7. The van der Waals surface area contributed by atoms with E-state index in [0.29, 0.717) is 0 Å². The lowest BCUT2D eigenvalue weighted by Crippen LogP contribution is -2.38. The highest BCUT2D eigenvalue weighted by atomic mass is 19.4. The summed E-state index contributed by atoms with van der Waals surface area (Å²) < 4.78 is 63.8. The summed E-state index contributed by atoms with van der Waals surface area (Å²) in [5, 5.41) is 17.3. The van der Waals surface area contributed by atoms with Gasteiger partial charge >= 0.3 is 18.1 Å². The van der Waals surface area contributed by atoms with Gasteiger partial charge in [-0.1, -0.05) is 13.8 Å². The second kappa shape index (κ2) is 5.29. The van der Waals surface area contributed by atoms with Crippen LogP contribution in [-0.4, -0.2) is 37.5 Å². The van der Waals surface area contributed by atoms with Crippen molar-refractivity contribution in [1.82, 2.24) is 20.2 Å². The monoisotopic (exact) mass is 302 g/mol. The first-order valence-electron chi connectivity index (χ1n) is 5.43. The smallest absolute Gasteiger partial charge is 0.461 e. The largest absolute Gasteiger partial charge is 0.481 e. The summed E-state index contributed by atoms with van der Waals surface area (Å²) in [7, 11) is 0. The Morgan fingerprint density at radius 3 is 2.25 bits per heavy atom. The third kappa shape index (κ3) is 3.02. The second-order valence-corrected chi connectivity index (χ2v) is 4.43. The number of halogens is 5. The van der Waals surface area contributed by atoms with Crippen molar-refractivity contribution < 1.29 is 31.9 Å². The van der Waals surface area contributed by atoms with Crippen LogP contribution in [0, 0.1) is 5.92 Å². The molecule has 11 heteroatoms. The van der Waals surface area contributed by atoms with Crippen molar-refractivity contribution in [3.63, 3.8) is 0 Å². The minimum atomic E-state index is -5.87. The summed E-state index contributed by atoms with van der Waals surface area (Å²) in [6.07, 6.45) is -6.55. The predicted octanol–water partition coefficient (Wildman–Crippen LogP) is 2.00. The van der Waals surface area contributed by atoms with E-state index in [-0.39, 0.29) is 4.68 Å².